The highest BCUT2D eigenvalue weighted by molar-refractivity contribution is 7.71. The molecule has 0 saturated carbocycles. The number of hydrogen-bond acceptors (Lipinski definition) is 6. The molecule has 1 aliphatic heterocycles. The van der Waals surface area contributed by atoms with Gasteiger partial charge < -0.3 is 10.0 Å². The van der Waals surface area contributed by atoms with E-state index in [-0.39, 0.29) is 22.3 Å². The zero-order valence-corrected chi connectivity index (χ0v) is 14.1. The van der Waals surface area contributed by atoms with Gasteiger partial charge in [-0.3, -0.25) is 19.4 Å². The van der Waals surface area contributed by atoms with Crippen LogP contribution in [-0.4, -0.2) is 64.0 Å². The fourth-order valence-corrected chi connectivity index (χ4v) is 2.67. The Kier molecular flexibility index (Phi) is 5.36. The first-order valence-corrected chi connectivity index (χ1v) is 7.90. The van der Waals surface area contributed by atoms with E-state index in [9.17, 15) is 9.90 Å². The minimum absolute atomic E-state index is 0.000126. The molecule has 122 valence electrons. The summed E-state index contributed by atoms with van der Waals surface area (Å²) in [6.07, 6.45) is 2.22. The van der Waals surface area contributed by atoms with E-state index < -0.39 is 5.56 Å². The van der Waals surface area contributed by atoms with Gasteiger partial charge in [-0.05, 0) is 32.6 Å². The molecule has 1 aromatic rings. The number of aromatic amines is 1. The second kappa shape index (κ2) is 7.06. The molecule has 0 amide bonds. The van der Waals surface area contributed by atoms with Crippen molar-refractivity contribution in [2.24, 2.45) is 5.10 Å². The predicted octanol–water partition coefficient (Wildman–Crippen LogP) is 1.16. The maximum Gasteiger partial charge on any atom is 0.264 e. The fourth-order valence-electron chi connectivity index (χ4n) is 2.31. The smallest absolute Gasteiger partial charge is 0.264 e. The second-order valence-corrected chi connectivity index (χ2v) is 6.01. The molecule has 0 aliphatic carbocycles. The third kappa shape index (κ3) is 3.56. The number of H-pyrrole nitrogens is 1. The van der Waals surface area contributed by atoms with E-state index in [1.54, 1.807) is 4.57 Å². The van der Waals surface area contributed by atoms with Crippen LogP contribution >= 0.6 is 12.2 Å². The summed E-state index contributed by atoms with van der Waals surface area (Å²) in [4.78, 5) is 16.9. The van der Waals surface area contributed by atoms with Gasteiger partial charge in [-0.1, -0.05) is 6.92 Å². The lowest BCUT2D eigenvalue weighted by Crippen LogP contribution is -2.41. The summed E-state index contributed by atoms with van der Waals surface area (Å²) in [5, 5.41) is 16.6. The summed E-state index contributed by atoms with van der Waals surface area (Å²) >= 11 is 5.14. The SMILES string of the molecule is CC[C@H](C)n1c(O)c(C=NN2CCN(C)CC2)c(=O)[nH]c1=S. The van der Waals surface area contributed by atoms with Crippen molar-refractivity contribution in [1.82, 2.24) is 19.5 Å². The van der Waals surface area contributed by atoms with Gasteiger partial charge in [0.1, 0.15) is 5.56 Å². The Balaban J connectivity index is 2.31. The van der Waals surface area contributed by atoms with Crippen LogP contribution in [0.25, 0.3) is 0 Å². The first kappa shape index (κ1) is 16.7. The lowest BCUT2D eigenvalue weighted by molar-refractivity contribution is 0.159. The molecule has 1 aliphatic rings. The van der Waals surface area contributed by atoms with Crippen LogP contribution in [0, 0.1) is 4.77 Å². The number of hydrazone groups is 1. The molecule has 0 unspecified atom stereocenters. The average molecular weight is 325 g/mol. The molecular formula is C14H23N5O2S. The Morgan fingerprint density at radius 3 is 2.64 bits per heavy atom. The lowest BCUT2D eigenvalue weighted by Gasteiger charge is -2.30. The molecule has 0 bridgehead atoms. The van der Waals surface area contributed by atoms with E-state index in [1.807, 2.05) is 18.9 Å². The van der Waals surface area contributed by atoms with Crippen LogP contribution < -0.4 is 5.56 Å². The van der Waals surface area contributed by atoms with Crippen LogP contribution in [0.1, 0.15) is 31.9 Å². The minimum Gasteiger partial charge on any atom is -0.494 e. The molecular weight excluding hydrogens is 302 g/mol. The molecule has 0 aromatic carbocycles. The summed E-state index contributed by atoms with van der Waals surface area (Å²) in [6.45, 7) is 7.39. The van der Waals surface area contributed by atoms with Crippen LogP contribution in [0.5, 0.6) is 5.88 Å². The van der Waals surface area contributed by atoms with Crippen molar-refractivity contribution in [2.75, 3.05) is 33.2 Å². The van der Waals surface area contributed by atoms with Gasteiger partial charge in [-0.15, -0.1) is 0 Å². The van der Waals surface area contributed by atoms with Gasteiger partial charge in [0.25, 0.3) is 5.56 Å². The number of likely N-dealkylation sites (N-methyl/N-ethyl adjacent to an activating group) is 1. The molecule has 2 N–H and O–H groups in total. The lowest BCUT2D eigenvalue weighted by atomic mass is 10.2. The molecule has 8 heteroatoms. The van der Waals surface area contributed by atoms with Gasteiger partial charge in [-0.2, -0.15) is 5.10 Å². The average Bonchev–Trinajstić information content (AvgIpc) is 2.48. The fraction of sp³-hybridized carbons (Fsp3) is 0.643. The number of rotatable bonds is 4. The molecule has 2 heterocycles. The van der Waals surface area contributed by atoms with E-state index >= 15 is 0 Å². The Morgan fingerprint density at radius 2 is 2.05 bits per heavy atom. The van der Waals surface area contributed by atoms with Gasteiger partial charge in [-0.25, -0.2) is 0 Å². The molecule has 22 heavy (non-hydrogen) atoms. The largest absolute Gasteiger partial charge is 0.494 e. The summed E-state index contributed by atoms with van der Waals surface area (Å²) < 4.78 is 1.79. The maximum absolute atomic E-state index is 12.0. The molecule has 2 rings (SSSR count). The summed E-state index contributed by atoms with van der Waals surface area (Å²) in [5.74, 6) is -0.124. The first-order valence-electron chi connectivity index (χ1n) is 7.49. The predicted molar refractivity (Wildman–Crippen MR) is 89.2 cm³/mol. The number of nitrogens with zero attached hydrogens (tertiary/aromatic N) is 4. The Bertz CT molecular complexity index is 658. The third-order valence-corrected chi connectivity index (χ3v) is 4.31. The highest BCUT2D eigenvalue weighted by atomic mass is 32.1. The van der Waals surface area contributed by atoms with Crippen LogP contribution in [0.2, 0.25) is 0 Å². The topological polar surface area (TPSA) is 76.9 Å². The van der Waals surface area contributed by atoms with Gasteiger partial charge in [0, 0.05) is 32.2 Å². The van der Waals surface area contributed by atoms with Crippen molar-refractivity contribution in [3.05, 3.63) is 20.7 Å². The van der Waals surface area contributed by atoms with Crippen LogP contribution in [-0.2, 0) is 0 Å². The molecule has 1 aromatic heterocycles. The summed E-state index contributed by atoms with van der Waals surface area (Å²) in [5.41, 5.74) is -0.271. The van der Waals surface area contributed by atoms with E-state index in [2.05, 4.69) is 22.0 Å². The van der Waals surface area contributed by atoms with Gasteiger partial charge in [0.05, 0.1) is 6.21 Å². The van der Waals surface area contributed by atoms with E-state index in [4.69, 9.17) is 12.2 Å². The molecule has 0 radical (unpaired) electrons. The third-order valence-electron chi connectivity index (χ3n) is 4.01. The van der Waals surface area contributed by atoms with Gasteiger partial charge >= 0.3 is 0 Å². The second-order valence-electron chi connectivity index (χ2n) is 5.63. The van der Waals surface area contributed by atoms with E-state index in [0.29, 0.717) is 0 Å². The number of nitrogens with one attached hydrogen (secondary N) is 1. The highest BCUT2D eigenvalue weighted by Crippen LogP contribution is 2.20. The summed E-state index contributed by atoms with van der Waals surface area (Å²) in [7, 11) is 2.06. The van der Waals surface area contributed by atoms with Crippen LogP contribution in [0.3, 0.4) is 0 Å². The van der Waals surface area contributed by atoms with Gasteiger partial charge in [0.15, 0.2) is 4.77 Å². The maximum atomic E-state index is 12.0. The number of aromatic nitrogens is 2. The normalized spacial score (nSPS) is 18.0. The van der Waals surface area contributed by atoms with Crippen molar-refractivity contribution in [1.29, 1.82) is 0 Å². The Morgan fingerprint density at radius 1 is 1.41 bits per heavy atom. The van der Waals surface area contributed by atoms with Crippen molar-refractivity contribution in [3.63, 3.8) is 0 Å². The monoisotopic (exact) mass is 325 g/mol. The first-order chi connectivity index (χ1) is 10.4. The van der Waals surface area contributed by atoms with Crippen molar-refractivity contribution in [3.8, 4) is 5.88 Å². The quantitative estimate of drug-likeness (QED) is 0.642. The van der Waals surface area contributed by atoms with E-state index in [0.717, 1.165) is 32.6 Å². The number of piperazine rings is 1. The molecule has 0 spiro atoms. The van der Waals surface area contributed by atoms with Gasteiger partial charge in [0.2, 0.25) is 5.88 Å². The Labute approximate surface area is 134 Å². The summed E-state index contributed by atoms with van der Waals surface area (Å²) in [6, 6.07) is 0.000126. The molecule has 1 fully saturated rings. The number of aromatic hydroxyl groups is 1. The molecule has 1 atom stereocenters. The van der Waals surface area contributed by atoms with E-state index in [1.165, 1.54) is 6.21 Å². The highest BCUT2D eigenvalue weighted by Gasteiger charge is 2.16. The molecule has 1 saturated heterocycles. The molecule has 7 nitrogen and oxygen atoms in total. The zero-order valence-electron chi connectivity index (χ0n) is 13.2. The van der Waals surface area contributed by atoms with Crippen molar-refractivity contribution >= 4 is 18.4 Å². The van der Waals surface area contributed by atoms with Crippen molar-refractivity contribution < 1.29 is 5.11 Å². The van der Waals surface area contributed by atoms with Crippen LogP contribution in [0.4, 0.5) is 0 Å². The van der Waals surface area contributed by atoms with Crippen molar-refractivity contribution in [2.45, 2.75) is 26.3 Å². The zero-order chi connectivity index (χ0) is 16.3. The Hall–Kier alpha value is -1.67. The number of hydrogen-bond donors (Lipinski definition) is 2. The minimum atomic E-state index is -0.417. The standard InChI is InChI=1S/C14H23N5O2S/c1-4-10(2)19-13(21)11(12(20)16-14(19)22)9-15-18-7-5-17(3)6-8-18/h9-10,21H,4-8H2,1-3H3,(H,16,20,22)/t10-/m0/s1. The van der Waals surface area contributed by atoms with Crippen LogP contribution in [0.15, 0.2) is 9.90 Å².